The zero-order valence-corrected chi connectivity index (χ0v) is 26.6. The molecule has 10 heteroatoms. The number of nitrogens with zero attached hydrogens (tertiary/aromatic N) is 2. The normalized spacial score (nSPS) is 11.7. The molecule has 0 aliphatic rings. The molecule has 238 valence electrons. The summed E-state index contributed by atoms with van der Waals surface area (Å²) in [5.74, 6) is -1.10. The molecule has 0 amide bonds. The molecule has 0 N–H and O–H groups in total. The van der Waals surface area contributed by atoms with E-state index in [4.69, 9.17) is 23.7 Å². The van der Waals surface area contributed by atoms with Crippen LogP contribution >= 0.6 is 0 Å². The molecule has 0 saturated carbocycles. The number of esters is 2. The Bertz CT molecular complexity index is 1360. The van der Waals surface area contributed by atoms with E-state index < -0.39 is 29.3 Å². The van der Waals surface area contributed by atoms with Crippen molar-refractivity contribution in [2.24, 2.45) is 7.05 Å². The van der Waals surface area contributed by atoms with Gasteiger partial charge in [0.2, 0.25) is 0 Å². The Labute approximate surface area is 259 Å². The Kier molecular flexibility index (Phi) is 12.7. The molecule has 2 heterocycles. The second-order valence-electron chi connectivity index (χ2n) is 11.9. The summed E-state index contributed by atoms with van der Waals surface area (Å²) in [6, 6.07) is 15.5. The minimum absolute atomic E-state index is 0.0264. The van der Waals surface area contributed by atoms with E-state index in [2.05, 4.69) is 29.2 Å². The third kappa shape index (κ3) is 11.9. The minimum atomic E-state index is -1.03. The molecule has 0 bridgehead atoms. The standard InChI is InChI=1S/C34H44N2O8/c1-25-9-11-26(12-10-25)22-28-13-14-29(36(28)6)23-30(37)44-32(39)41-19-16-34(4,5)43-21-20-42-33(2,3)15-18-40-31(38)27-8-7-17-35-24-27/h7-14,17,24H,15-16,18-23H2,1-6H3. The highest BCUT2D eigenvalue weighted by Crippen LogP contribution is 2.18. The summed E-state index contributed by atoms with van der Waals surface area (Å²) in [7, 11) is 1.89. The van der Waals surface area contributed by atoms with Crippen LogP contribution in [0.2, 0.25) is 0 Å². The first kappa shape index (κ1) is 34.5. The lowest BCUT2D eigenvalue weighted by Crippen LogP contribution is -2.32. The number of rotatable bonds is 16. The van der Waals surface area contributed by atoms with Crippen molar-refractivity contribution < 1.29 is 38.1 Å². The number of hydrogen-bond acceptors (Lipinski definition) is 9. The molecule has 3 aromatic rings. The van der Waals surface area contributed by atoms with Crippen molar-refractivity contribution in [3.8, 4) is 0 Å². The maximum absolute atomic E-state index is 12.4. The van der Waals surface area contributed by atoms with Crippen molar-refractivity contribution >= 4 is 18.1 Å². The number of aryl methyl sites for hydroxylation is 1. The maximum atomic E-state index is 12.4. The van der Waals surface area contributed by atoms with E-state index in [1.54, 1.807) is 18.3 Å². The molecule has 0 fully saturated rings. The van der Waals surface area contributed by atoms with Crippen LogP contribution in [0, 0.1) is 6.92 Å². The Morgan fingerprint density at radius 3 is 2.02 bits per heavy atom. The molecule has 0 aliphatic heterocycles. The summed E-state index contributed by atoms with van der Waals surface area (Å²) in [4.78, 5) is 40.4. The van der Waals surface area contributed by atoms with Gasteiger partial charge in [-0.2, -0.15) is 0 Å². The molecule has 44 heavy (non-hydrogen) atoms. The van der Waals surface area contributed by atoms with E-state index >= 15 is 0 Å². The molecule has 1 aromatic carbocycles. The smallest absolute Gasteiger partial charge is 0.462 e. The molecule has 0 spiro atoms. The number of benzene rings is 1. The van der Waals surface area contributed by atoms with Crippen LogP contribution in [0.1, 0.15) is 73.4 Å². The van der Waals surface area contributed by atoms with Crippen LogP contribution in [0.3, 0.4) is 0 Å². The van der Waals surface area contributed by atoms with Gasteiger partial charge in [0.1, 0.15) is 0 Å². The van der Waals surface area contributed by atoms with Gasteiger partial charge in [0.15, 0.2) is 0 Å². The molecule has 10 nitrogen and oxygen atoms in total. The lowest BCUT2D eigenvalue weighted by Gasteiger charge is -2.28. The van der Waals surface area contributed by atoms with Crippen LogP contribution in [0.5, 0.6) is 0 Å². The van der Waals surface area contributed by atoms with Crippen molar-refractivity contribution in [3.05, 3.63) is 89.0 Å². The highest BCUT2D eigenvalue weighted by molar-refractivity contribution is 5.88. The van der Waals surface area contributed by atoms with Gasteiger partial charge in [-0.15, -0.1) is 0 Å². The average Bonchev–Trinajstić information content (AvgIpc) is 3.30. The van der Waals surface area contributed by atoms with Crippen molar-refractivity contribution in [2.75, 3.05) is 26.4 Å². The van der Waals surface area contributed by atoms with Crippen LogP contribution in [-0.2, 0) is 48.4 Å². The SMILES string of the molecule is Cc1ccc(Cc2ccc(CC(=O)OC(=O)OCCC(C)(C)OCCOC(C)(C)CCOC(=O)c3cccnc3)n2C)cc1. The van der Waals surface area contributed by atoms with Gasteiger partial charge >= 0.3 is 18.1 Å². The van der Waals surface area contributed by atoms with Crippen LogP contribution in [0.15, 0.2) is 60.9 Å². The summed E-state index contributed by atoms with van der Waals surface area (Å²) >= 11 is 0. The number of carbonyl (C=O) groups excluding carboxylic acids is 3. The van der Waals surface area contributed by atoms with E-state index in [9.17, 15) is 14.4 Å². The van der Waals surface area contributed by atoms with Crippen molar-refractivity contribution in [2.45, 2.75) is 71.5 Å². The van der Waals surface area contributed by atoms with Gasteiger partial charge in [-0.3, -0.25) is 9.78 Å². The molecular weight excluding hydrogens is 564 g/mol. The Hall–Kier alpha value is -4.02. The van der Waals surface area contributed by atoms with Crippen molar-refractivity contribution in [1.82, 2.24) is 9.55 Å². The summed E-state index contributed by atoms with van der Waals surface area (Å²) < 4.78 is 29.1. The van der Waals surface area contributed by atoms with Gasteiger partial charge in [0.25, 0.3) is 0 Å². The van der Waals surface area contributed by atoms with Crippen LogP contribution < -0.4 is 0 Å². The second kappa shape index (κ2) is 16.2. The Morgan fingerprint density at radius 1 is 0.795 bits per heavy atom. The van der Waals surface area contributed by atoms with Gasteiger partial charge in [0.05, 0.1) is 49.6 Å². The highest BCUT2D eigenvalue weighted by Gasteiger charge is 2.23. The number of pyridine rings is 1. The Balaban J connectivity index is 1.29. The largest absolute Gasteiger partial charge is 0.516 e. The fraction of sp³-hybridized carbons (Fsp3) is 0.471. The number of ether oxygens (including phenoxy) is 5. The lowest BCUT2D eigenvalue weighted by atomic mass is 10.1. The highest BCUT2D eigenvalue weighted by atomic mass is 16.7. The molecular formula is C34H44N2O8. The molecule has 0 atom stereocenters. The van der Waals surface area contributed by atoms with E-state index in [0.29, 0.717) is 31.6 Å². The number of aromatic nitrogens is 2. The van der Waals surface area contributed by atoms with E-state index in [1.165, 1.54) is 17.3 Å². The van der Waals surface area contributed by atoms with Gasteiger partial charge in [-0.1, -0.05) is 29.8 Å². The summed E-state index contributed by atoms with van der Waals surface area (Å²) in [6.45, 7) is 10.5. The summed E-state index contributed by atoms with van der Waals surface area (Å²) in [5.41, 5.74) is 3.45. The molecule has 0 unspecified atom stereocenters. The minimum Gasteiger partial charge on any atom is -0.462 e. The average molecular weight is 609 g/mol. The molecule has 2 aromatic heterocycles. The van der Waals surface area contributed by atoms with Gasteiger partial charge in [-0.25, -0.2) is 9.59 Å². The maximum Gasteiger partial charge on any atom is 0.516 e. The fourth-order valence-corrected chi connectivity index (χ4v) is 4.29. The Morgan fingerprint density at radius 2 is 1.41 bits per heavy atom. The molecule has 0 radical (unpaired) electrons. The van der Waals surface area contributed by atoms with Crippen LogP contribution in [-0.4, -0.2) is 65.3 Å². The predicted octanol–water partition coefficient (Wildman–Crippen LogP) is 5.77. The first-order valence-corrected chi connectivity index (χ1v) is 14.8. The lowest BCUT2D eigenvalue weighted by molar-refractivity contribution is -0.139. The zero-order chi connectivity index (χ0) is 32.2. The molecule has 0 saturated heterocycles. The van der Waals surface area contributed by atoms with E-state index in [0.717, 1.165) is 17.8 Å². The number of carbonyl (C=O) groups is 3. The van der Waals surface area contributed by atoms with Crippen molar-refractivity contribution in [3.63, 3.8) is 0 Å². The number of hydrogen-bond donors (Lipinski definition) is 0. The van der Waals surface area contributed by atoms with Gasteiger partial charge in [0, 0.05) is 50.1 Å². The van der Waals surface area contributed by atoms with Crippen LogP contribution in [0.25, 0.3) is 0 Å². The first-order valence-electron chi connectivity index (χ1n) is 14.8. The van der Waals surface area contributed by atoms with Gasteiger partial charge in [-0.05, 0) is 64.4 Å². The third-order valence-corrected chi connectivity index (χ3v) is 7.19. The zero-order valence-electron chi connectivity index (χ0n) is 26.6. The van der Waals surface area contributed by atoms with E-state index in [-0.39, 0.29) is 19.6 Å². The quantitative estimate of drug-likeness (QED) is 0.114. The topological polar surface area (TPSA) is 115 Å². The molecule has 3 rings (SSSR count). The van der Waals surface area contributed by atoms with E-state index in [1.807, 2.05) is 58.4 Å². The first-order chi connectivity index (χ1) is 20.8. The third-order valence-electron chi connectivity index (χ3n) is 7.19. The van der Waals surface area contributed by atoms with Crippen molar-refractivity contribution in [1.29, 1.82) is 0 Å². The predicted molar refractivity (Wildman–Crippen MR) is 164 cm³/mol. The summed E-state index contributed by atoms with van der Waals surface area (Å²) in [6.07, 6.45) is 3.62. The monoisotopic (exact) mass is 608 g/mol. The molecule has 0 aliphatic carbocycles. The van der Waals surface area contributed by atoms with Gasteiger partial charge < -0.3 is 28.3 Å². The van der Waals surface area contributed by atoms with Crippen LogP contribution in [0.4, 0.5) is 4.79 Å². The fourth-order valence-electron chi connectivity index (χ4n) is 4.29. The second-order valence-corrected chi connectivity index (χ2v) is 11.9. The summed E-state index contributed by atoms with van der Waals surface area (Å²) in [5, 5.41) is 0.